The van der Waals surface area contributed by atoms with Crippen LogP contribution in [0, 0.1) is 6.92 Å². The Labute approximate surface area is 122 Å². The maximum Gasteiger partial charge on any atom is 0.244 e. The standard InChI is InChI=1S/C13H17BrN2O.ClH/c1-9-4-5-10(8-11(9)14)16-12(17)13(15)6-2-3-7-13;/h4-5,8H,2-3,6-7,15H2,1H3,(H,16,17);1H. The Bertz CT molecular complexity index is 445. The number of hydrogen-bond acceptors (Lipinski definition) is 2. The molecule has 0 aliphatic heterocycles. The van der Waals surface area contributed by atoms with Crippen molar-refractivity contribution in [3.63, 3.8) is 0 Å². The number of halogens is 2. The van der Waals surface area contributed by atoms with E-state index in [9.17, 15) is 4.79 Å². The zero-order valence-electron chi connectivity index (χ0n) is 10.3. The first kappa shape index (κ1) is 15.5. The molecule has 0 bridgehead atoms. The van der Waals surface area contributed by atoms with E-state index in [0.29, 0.717) is 0 Å². The van der Waals surface area contributed by atoms with E-state index in [1.807, 2.05) is 25.1 Å². The second-order valence-corrected chi connectivity index (χ2v) is 5.64. The van der Waals surface area contributed by atoms with Gasteiger partial charge in [0.05, 0.1) is 5.54 Å². The number of nitrogens with two attached hydrogens (primary N) is 1. The Morgan fingerprint density at radius 2 is 2.00 bits per heavy atom. The molecule has 5 heteroatoms. The Balaban J connectivity index is 0.00000162. The van der Waals surface area contributed by atoms with Crippen LogP contribution >= 0.6 is 28.3 Å². The first-order valence-electron chi connectivity index (χ1n) is 5.88. The maximum atomic E-state index is 12.1. The van der Waals surface area contributed by atoms with Crippen molar-refractivity contribution in [2.45, 2.75) is 38.1 Å². The summed E-state index contributed by atoms with van der Waals surface area (Å²) in [4.78, 5) is 12.1. The van der Waals surface area contributed by atoms with E-state index in [1.54, 1.807) is 0 Å². The topological polar surface area (TPSA) is 55.1 Å². The summed E-state index contributed by atoms with van der Waals surface area (Å²) in [5, 5.41) is 2.90. The molecule has 1 amide bonds. The van der Waals surface area contributed by atoms with Crippen LogP contribution in [0.4, 0.5) is 5.69 Å². The molecule has 0 aromatic heterocycles. The molecule has 0 heterocycles. The molecule has 0 saturated heterocycles. The van der Waals surface area contributed by atoms with Crippen LogP contribution in [-0.4, -0.2) is 11.4 Å². The molecule has 0 spiro atoms. The molecule has 0 atom stereocenters. The molecule has 100 valence electrons. The number of benzene rings is 1. The van der Waals surface area contributed by atoms with E-state index < -0.39 is 5.54 Å². The lowest BCUT2D eigenvalue weighted by molar-refractivity contribution is -0.121. The van der Waals surface area contributed by atoms with Crippen molar-refractivity contribution >= 4 is 39.9 Å². The predicted octanol–water partition coefficient (Wildman–Crippen LogP) is 3.39. The van der Waals surface area contributed by atoms with Crippen LogP contribution in [0.5, 0.6) is 0 Å². The lowest BCUT2D eigenvalue weighted by Crippen LogP contribution is -2.48. The highest BCUT2D eigenvalue weighted by atomic mass is 79.9. The van der Waals surface area contributed by atoms with Crippen LogP contribution in [0.1, 0.15) is 31.2 Å². The molecule has 3 nitrogen and oxygen atoms in total. The maximum absolute atomic E-state index is 12.1. The van der Waals surface area contributed by atoms with Crippen molar-refractivity contribution in [2.24, 2.45) is 5.73 Å². The van der Waals surface area contributed by atoms with Crippen molar-refractivity contribution in [3.8, 4) is 0 Å². The van der Waals surface area contributed by atoms with Crippen LogP contribution in [0.2, 0.25) is 0 Å². The van der Waals surface area contributed by atoms with Crippen LogP contribution in [-0.2, 0) is 4.79 Å². The van der Waals surface area contributed by atoms with Crippen LogP contribution < -0.4 is 11.1 Å². The van der Waals surface area contributed by atoms with E-state index in [4.69, 9.17) is 5.73 Å². The summed E-state index contributed by atoms with van der Waals surface area (Å²) >= 11 is 3.45. The van der Waals surface area contributed by atoms with Gasteiger partial charge in [0.25, 0.3) is 0 Å². The molecule has 3 N–H and O–H groups in total. The fourth-order valence-electron chi connectivity index (χ4n) is 2.16. The van der Waals surface area contributed by atoms with Gasteiger partial charge in [0.2, 0.25) is 5.91 Å². The number of rotatable bonds is 2. The normalized spacial score (nSPS) is 17.1. The van der Waals surface area contributed by atoms with Gasteiger partial charge in [-0.05, 0) is 37.5 Å². The van der Waals surface area contributed by atoms with Gasteiger partial charge in [-0.15, -0.1) is 12.4 Å². The molecule has 0 radical (unpaired) electrons. The summed E-state index contributed by atoms with van der Waals surface area (Å²) in [6, 6.07) is 5.78. The molecule has 0 unspecified atom stereocenters. The molecule has 1 aromatic carbocycles. The molecule has 1 fully saturated rings. The molecular weight excluding hydrogens is 316 g/mol. The lowest BCUT2D eigenvalue weighted by atomic mass is 9.98. The number of nitrogens with one attached hydrogen (secondary N) is 1. The predicted molar refractivity (Wildman–Crippen MR) is 80.1 cm³/mol. The zero-order valence-corrected chi connectivity index (χ0v) is 12.7. The van der Waals surface area contributed by atoms with E-state index in [2.05, 4.69) is 21.2 Å². The van der Waals surface area contributed by atoms with Gasteiger partial charge in [0.1, 0.15) is 0 Å². The van der Waals surface area contributed by atoms with Gasteiger partial charge in [0.15, 0.2) is 0 Å². The van der Waals surface area contributed by atoms with Gasteiger partial charge in [-0.25, -0.2) is 0 Å². The van der Waals surface area contributed by atoms with Crippen molar-refractivity contribution in [1.29, 1.82) is 0 Å². The molecule has 18 heavy (non-hydrogen) atoms. The highest BCUT2D eigenvalue weighted by Gasteiger charge is 2.36. The van der Waals surface area contributed by atoms with Gasteiger partial charge in [-0.3, -0.25) is 4.79 Å². The minimum absolute atomic E-state index is 0. The largest absolute Gasteiger partial charge is 0.324 e. The number of aryl methyl sites for hydroxylation is 1. The minimum Gasteiger partial charge on any atom is -0.324 e. The number of amides is 1. The molecular formula is C13H18BrClN2O. The van der Waals surface area contributed by atoms with E-state index >= 15 is 0 Å². The van der Waals surface area contributed by atoms with Gasteiger partial charge >= 0.3 is 0 Å². The highest BCUT2D eigenvalue weighted by molar-refractivity contribution is 9.10. The average molecular weight is 334 g/mol. The fourth-order valence-corrected chi connectivity index (χ4v) is 2.54. The third-order valence-corrected chi connectivity index (χ3v) is 4.23. The second kappa shape index (κ2) is 6.04. The SMILES string of the molecule is Cc1ccc(NC(=O)C2(N)CCCC2)cc1Br.Cl. The Morgan fingerprint density at radius 3 is 2.56 bits per heavy atom. The van der Waals surface area contributed by atoms with Crippen LogP contribution in [0.3, 0.4) is 0 Å². The zero-order chi connectivity index (χ0) is 12.5. The van der Waals surface area contributed by atoms with Crippen molar-refractivity contribution in [3.05, 3.63) is 28.2 Å². The van der Waals surface area contributed by atoms with Crippen molar-refractivity contribution in [2.75, 3.05) is 5.32 Å². The quantitative estimate of drug-likeness (QED) is 0.871. The molecule has 2 rings (SSSR count). The van der Waals surface area contributed by atoms with Crippen LogP contribution in [0.15, 0.2) is 22.7 Å². The summed E-state index contributed by atoms with van der Waals surface area (Å²) < 4.78 is 0.993. The van der Waals surface area contributed by atoms with Crippen molar-refractivity contribution < 1.29 is 4.79 Å². The minimum atomic E-state index is -0.669. The fraction of sp³-hybridized carbons (Fsp3) is 0.462. The molecule has 1 aliphatic carbocycles. The number of anilines is 1. The number of carbonyl (C=O) groups excluding carboxylic acids is 1. The van der Waals surface area contributed by atoms with Gasteiger partial charge < -0.3 is 11.1 Å². The number of hydrogen-bond donors (Lipinski definition) is 2. The van der Waals surface area contributed by atoms with Crippen LogP contribution in [0.25, 0.3) is 0 Å². The van der Waals surface area contributed by atoms with Gasteiger partial charge in [-0.1, -0.05) is 34.8 Å². The molecule has 1 saturated carbocycles. The first-order chi connectivity index (χ1) is 8.01. The second-order valence-electron chi connectivity index (χ2n) is 4.78. The third kappa shape index (κ3) is 3.25. The monoisotopic (exact) mass is 332 g/mol. The van der Waals surface area contributed by atoms with E-state index in [0.717, 1.165) is 41.4 Å². The van der Waals surface area contributed by atoms with Gasteiger partial charge in [0, 0.05) is 10.2 Å². The molecule has 1 aromatic rings. The summed E-state index contributed by atoms with van der Waals surface area (Å²) in [7, 11) is 0. The summed E-state index contributed by atoms with van der Waals surface area (Å²) in [5.74, 6) is -0.0641. The van der Waals surface area contributed by atoms with Gasteiger partial charge in [-0.2, -0.15) is 0 Å². The highest BCUT2D eigenvalue weighted by Crippen LogP contribution is 2.29. The summed E-state index contributed by atoms with van der Waals surface area (Å²) in [5.41, 5.74) is 7.37. The molecule has 1 aliphatic rings. The van der Waals surface area contributed by atoms with E-state index in [1.165, 1.54) is 0 Å². The Hall–Kier alpha value is -0.580. The summed E-state index contributed by atoms with van der Waals surface area (Å²) in [6.45, 7) is 2.01. The van der Waals surface area contributed by atoms with Crippen molar-refractivity contribution in [1.82, 2.24) is 0 Å². The Kier molecular flexibility index (Phi) is 5.20. The average Bonchev–Trinajstić information content (AvgIpc) is 2.72. The Morgan fingerprint density at radius 1 is 1.39 bits per heavy atom. The van der Waals surface area contributed by atoms with E-state index in [-0.39, 0.29) is 18.3 Å². The number of carbonyl (C=O) groups is 1. The first-order valence-corrected chi connectivity index (χ1v) is 6.67. The smallest absolute Gasteiger partial charge is 0.244 e. The third-order valence-electron chi connectivity index (χ3n) is 3.38. The lowest BCUT2D eigenvalue weighted by Gasteiger charge is -2.22. The summed E-state index contributed by atoms with van der Waals surface area (Å²) in [6.07, 6.45) is 3.65.